The first-order chi connectivity index (χ1) is 39.9. The Morgan fingerprint density at radius 1 is 0.512 bits per heavy atom. The number of rotatable bonds is 24. The molecule has 82 heavy (non-hydrogen) atoms. The van der Waals surface area contributed by atoms with Gasteiger partial charge in [-0.2, -0.15) is 0 Å². The van der Waals surface area contributed by atoms with Crippen molar-refractivity contribution in [2.24, 2.45) is 35.5 Å². The molecule has 0 saturated heterocycles. The first kappa shape index (κ1) is 59.7. The zero-order valence-corrected chi connectivity index (χ0v) is 48.4. The predicted molar refractivity (Wildman–Crippen MR) is 312 cm³/mol. The highest BCUT2D eigenvalue weighted by Crippen LogP contribution is 2.45. The molecule has 438 valence electrons. The number of ketones is 2. The Balaban J connectivity index is 0.734. The summed E-state index contributed by atoms with van der Waals surface area (Å²) in [5.41, 5.74) is 5.62. The second-order valence-corrected chi connectivity index (χ2v) is 23.7. The molecule has 2 aromatic heterocycles. The van der Waals surface area contributed by atoms with Gasteiger partial charge in [0, 0.05) is 36.8 Å². The van der Waals surface area contributed by atoms with Crippen LogP contribution in [0.25, 0.3) is 0 Å². The van der Waals surface area contributed by atoms with Crippen LogP contribution in [0.4, 0.5) is 0 Å². The van der Waals surface area contributed by atoms with E-state index < -0.39 is 59.9 Å². The SMILES string of the molecule is CNC(C)C(=O)NC1CCCCC2CCC(C(=O)NC(c3ccccc3)c3cn(CCCCc4ccc(CCCCn5cc(C(NC(=O)C6CCC7CCCCC(NC(=O)C(C)NC)C(=O)C76)c6ccccc6)nn5)cc4)nn3)C2C1=O. The van der Waals surface area contributed by atoms with Gasteiger partial charge in [-0.3, -0.25) is 38.1 Å². The van der Waals surface area contributed by atoms with Crippen LogP contribution in [0.15, 0.2) is 97.3 Å². The Kier molecular flexibility index (Phi) is 21.0. The van der Waals surface area contributed by atoms with Gasteiger partial charge in [0.25, 0.3) is 0 Å². The number of carbonyl (C=O) groups excluding carboxylic acids is 6. The summed E-state index contributed by atoms with van der Waals surface area (Å²) in [6.45, 7) is 4.91. The first-order valence-corrected chi connectivity index (χ1v) is 30.5. The molecular weight excluding hydrogens is 1030 g/mol. The number of amides is 4. The number of hydrogen-bond donors (Lipinski definition) is 6. The third-order valence-corrected chi connectivity index (χ3v) is 18.3. The number of fused-ring (bicyclic) bond motifs is 2. The second-order valence-electron chi connectivity index (χ2n) is 23.7. The minimum Gasteiger partial charge on any atom is -0.345 e. The highest BCUT2D eigenvalue weighted by Gasteiger charge is 2.49. The Hall–Kier alpha value is -6.92. The van der Waals surface area contributed by atoms with Crippen LogP contribution in [0, 0.1) is 35.5 Å². The highest BCUT2D eigenvalue weighted by atomic mass is 16.2. The fraction of sp³-hybridized carbons (Fsp3) is 0.562. The van der Waals surface area contributed by atoms with Gasteiger partial charge in [-0.25, -0.2) is 0 Å². The molecule has 4 aliphatic carbocycles. The van der Waals surface area contributed by atoms with E-state index in [-0.39, 0.29) is 47.0 Å². The first-order valence-electron chi connectivity index (χ1n) is 30.5. The third kappa shape index (κ3) is 15.0. The van der Waals surface area contributed by atoms with E-state index >= 15 is 0 Å². The number of Topliss-reactive ketones (excluding diaryl/α,β-unsaturated/α-hetero) is 2. The molecule has 0 bridgehead atoms. The molecule has 3 aromatic carbocycles. The molecule has 9 rings (SSSR count). The smallest absolute Gasteiger partial charge is 0.237 e. The van der Waals surface area contributed by atoms with Crippen LogP contribution in [0.5, 0.6) is 0 Å². The number of aromatic nitrogens is 6. The minimum atomic E-state index is -0.601. The number of likely N-dealkylation sites (N-methyl/N-ethyl adjacent to an activating group) is 2. The van der Waals surface area contributed by atoms with Crippen molar-refractivity contribution in [3.05, 3.63) is 131 Å². The lowest BCUT2D eigenvalue weighted by Gasteiger charge is -2.31. The van der Waals surface area contributed by atoms with Crippen molar-refractivity contribution in [3.8, 4) is 0 Å². The number of nitrogens with one attached hydrogen (secondary N) is 6. The molecule has 12 unspecified atom stereocenters. The third-order valence-electron chi connectivity index (χ3n) is 18.3. The molecule has 6 N–H and O–H groups in total. The van der Waals surface area contributed by atoms with Gasteiger partial charge in [0.2, 0.25) is 23.6 Å². The van der Waals surface area contributed by atoms with Crippen LogP contribution in [0.1, 0.15) is 162 Å². The van der Waals surface area contributed by atoms with E-state index in [9.17, 15) is 28.8 Å². The monoisotopic (exact) mass is 1120 g/mol. The quantitative estimate of drug-likeness (QED) is 0.0340. The van der Waals surface area contributed by atoms with Gasteiger partial charge in [-0.15, -0.1) is 10.2 Å². The van der Waals surface area contributed by atoms with E-state index in [1.54, 1.807) is 27.9 Å². The Bertz CT molecular complexity index is 2720. The van der Waals surface area contributed by atoms with Crippen molar-refractivity contribution < 1.29 is 28.8 Å². The number of unbranched alkanes of at least 4 members (excludes halogenated alkanes) is 2. The van der Waals surface area contributed by atoms with Crippen LogP contribution in [0.3, 0.4) is 0 Å². The van der Waals surface area contributed by atoms with Crippen molar-refractivity contribution in [2.75, 3.05) is 14.1 Å². The second kappa shape index (κ2) is 28.9. The molecule has 0 spiro atoms. The Morgan fingerprint density at radius 3 is 1.29 bits per heavy atom. The number of aryl methyl sites for hydroxylation is 4. The molecule has 18 nitrogen and oxygen atoms in total. The summed E-state index contributed by atoms with van der Waals surface area (Å²) in [6, 6.07) is 25.3. The fourth-order valence-electron chi connectivity index (χ4n) is 13.3. The molecule has 4 amide bonds. The van der Waals surface area contributed by atoms with Gasteiger partial charge >= 0.3 is 0 Å². The van der Waals surface area contributed by atoms with E-state index in [0.29, 0.717) is 50.2 Å². The minimum absolute atomic E-state index is 0.0206. The number of benzene rings is 3. The molecule has 12 atom stereocenters. The standard InChI is InChI=1S/C64H86N12O6/c1-41(65-3)61(79)67-51-27-13-11-21-45-33-35-49(55(45)59(51)77)63(81)69-57(47-23-7-5-8-24-47)53-39-75(73-71-53)37-17-15-19-43-29-31-44(32-30-43)20-16-18-38-76-40-54(72-74-76)58(48-25-9-6-10-26-48)70-64(82)50-36-34-46-22-12-14-28-52(60(78)56(46)50)68-62(80)42(2)66-4/h5-10,23-26,29-32,39-42,45-46,49-52,55-58,65-66H,11-22,27-28,33-38H2,1-4H3,(H,67,79)(H,68,80)(H,69,81)(H,70,82). The zero-order chi connectivity index (χ0) is 57.5. The van der Waals surface area contributed by atoms with E-state index in [0.717, 1.165) is 101 Å². The van der Waals surface area contributed by atoms with Crippen molar-refractivity contribution in [2.45, 2.75) is 179 Å². The van der Waals surface area contributed by atoms with E-state index in [1.807, 2.05) is 82.4 Å². The summed E-state index contributed by atoms with van der Waals surface area (Å²) in [5, 5.41) is 36.6. The molecule has 0 radical (unpaired) electrons. The lowest BCUT2D eigenvalue weighted by molar-refractivity contribution is -0.137. The lowest BCUT2D eigenvalue weighted by atomic mass is 9.77. The van der Waals surface area contributed by atoms with Crippen molar-refractivity contribution in [1.29, 1.82) is 0 Å². The molecule has 18 heteroatoms. The van der Waals surface area contributed by atoms with Crippen LogP contribution < -0.4 is 31.9 Å². The Labute approximate surface area is 483 Å². The van der Waals surface area contributed by atoms with E-state index in [1.165, 1.54) is 11.1 Å². The molecule has 0 aliphatic heterocycles. The number of carbonyl (C=O) groups is 6. The zero-order valence-electron chi connectivity index (χ0n) is 48.4. The number of nitrogens with zero attached hydrogens (tertiary/aromatic N) is 6. The molecule has 4 saturated carbocycles. The maximum atomic E-state index is 14.3. The van der Waals surface area contributed by atoms with Gasteiger partial charge in [0.05, 0.1) is 48.6 Å². The topological polar surface area (TPSA) is 236 Å². The summed E-state index contributed by atoms with van der Waals surface area (Å²) >= 11 is 0. The Morgan fingerprint density at radius 2 is 0.902 bits per heavy atom. The summed E-state index contributed by atoms with van der Waals surface area (Å²) < 4.78 is 3.70. The molecule has 4 fully saturated rings. The van der Waals surface area contributed by atoms with Gasteiger partial charge < -0.3 is 31.9 Å². The maximum Gasteiger partial charge on any atom is 0.237 e. The molecule has 5 aromatic rings. The van der Waals surface area contributed by atoms with Crippen molar-refractivity contribution in [3.63, 3.8) is 0 Å². The van der Waals surface area contributed by atoms with Crippen LogP contribution in [0.2, 0.25) is 0 Å². The summed E-state index contributed by atoms with van der Waals surface area (Å²) in [7, 11) is 3.45. The van der Waals surface area contributed by atoms with E-state index in [4.69, 9.17) is 0 Å². The van der Waals surface area contributed by atoms with Crippen LogP contribution in [-0.2, 0) is 54.7 Å². The lowest BCUT2D eigenvalue weighted by Crippen LogP contribution is -2.52. The normalized spacial score (nSPS) is 24.3. The van der Waals surface area contributed by atoms with Crippen LogP contribution >= 0.6 is 0 Å². The van der Waals surface area contributed by atoms with Gasteiger partial charge in [-0.1, -0.05) is 121 Å². The molecule has 2 heterocycles. The summed E-state index contributed by atoms with van der Waals surface area (Å²) in [5.74, 6) is -2.39. The fourth-order valence-corrected chi connectivity index (χ4v) is 13.3. The van der Waals surface area contributed by atoms with E-state index in [2.05, 4.69) is 76.8 Å². The predicted octanol–water partition coefficient (Wildman–Crippen LogP) is 7.08. The van der Waals surface area contributed by atoms with Gasteiger partial charge in [-0.05, 0) is 152 Å². The highest BCUT2D eigenvalue weighted by molar-refractivity contribution is 5.97. The average molecular weight is 1120 g/mol. The average Bonchev–Trinajstić information content (AvgIpc) is 4.39. The van der Waals surface area contributed by atoms with Gasteiger partial charge in [0.15, 0.2) is 11.6 Å². The number of hydrogen-bond acceptors (Lipinski definition) is 12. The van der Waals surface area contributed by atoms with Crippen LogP contribution in [-0.4, -0.2) is 103 Å². The summed E-state index contributed by atoms with van der Waals surface area (Å²) in [6.07, 6.45) is 19.0. The van der Waals surface area contributed by atoms with Gasteiger partial charge in [0.1, 0.15) is 11.4 Å². The van der Waals surface area contributed by atoms with Crippen molar-refractivity contribution >= 4 is 35.2 Å². The largest absolute Gasteiger partial charge is 0.345 e. The summed E-state index contributed by atoms with van der Waals surface area (Å²) in [4.78, 5) is 82.8. The molecule has 4 aliphatic rings. The maximum absolute atomic E-state index is 14.3. The van der Waals surface area contributed by atoms with Crippen molar-refractivity contribution in [1.82, 2.24) is 61.9 Å². The molecular formula is C64H86N12O6.